The normalized spacial score (nSPS) is 20.8. The number of nitrogens with zero attached hydrogens (tertiary/aromatic N) is 1. The second kappa shape index (κ2) is 5.63. The molecule has 1 aliphatic heterocycles. The number of likely N-dealkylation sites (tertiary alicyclic amines) is 1. The summed E-state index contributed by atoms with van der Waals surface area (Å²) in [6, 6.07) is 0. The minimum Gasteiger partial charge on any atom is -0.382 e. The van der Waals surface area contributed by atoms with Crippen LogP contribution in [0, 0.1) is 0 Å². The summed E-state index contributed by atoms with van der Waals surface area (Å²) in [5, 5.41) is 0. The van der Waals surface area contributed by atoms with Crippen molar-refractivity contribution in [1.29, 1.82) is 0 Å². The summed E-state index contributed by atoms with van der Waals surface area (Å²) < 4.78 is 23.5. The Morgan fingerprint density at radius 2 is 2.00 bits per heavy atom. The van der Waals surface area contributed by atoms with Gasteiger partial charge in [-0.25, -0.2) is 4.39 Å². The van der Waals surface area contributed by atoms with Crippen molar-refractivity contribution in [1.82, 2.24) is 4.90 Å². The molecule has 1 heterocycles. The molecule has 0 unspecified atom stereocenters. The van der Waals surface area contributed by atoms with Crippen LogP contribution in [0.3, 0.4) is 0 Å². The van der Waals surface area contributed by atoms with Crippen molar-refractivity contribution in [3.63, 3.8) is 0 Å². The van der Waals surface area contributed by atoms with Gasteiger partial charge >= 0.3 is 0 Å². The lowest BCUT2D eigenvalue weighted by atomic mass is 9.94. The van der Waals surface area contributed by atoms with Crippen LogP contribution in [0.5, 0.6) is 0 Å². The summed E-state index contributed by atoms with van der Waals surface area (Å²) in [4.78, 5) is 2.08. The van der Waals surface area contributed by atoms with Gasteiger partial charge in [0, 0.05) is 26.7 Å². The van der Waals surface area contributed by atoms with Crippen LogP contribution in [0.2, 0.25) is 0 Å². The molecule has 0 radical (unpaired) electrons. The predicted molar refractivity (Wildman–Crippen MR) is 53.3 cm³/mol. The topological polar surface area (TPSA) is 21.7 Å². The minimum absolute atomic E-state index is 0.567. The summed E-state index contributed by atoms with van der Waals surface area (Å²) in [5.41, 5.74) is -0.924. The van der Waals surface area contributed by atoms with E-state index in [0.29, 0.717) is 39.3 Å². The van der Waals surface area contributed by atoms with Gasteiger partial charge in [-0.1, -0.05) is 6.92 Å². The molecule has 0 amide bonds. The number of hydrogen-bond donors (Lipinski definition) is 0. The molecule has 1 fully saturated rings. The maximum Gasteiger partial charge on any atom is 0.136 e. The van der Waals surface area contributed by atoms with Crippen LogP contribution in [0.25, 0.3) is 0 Å². The van der Waals surface area contributed by atoms with Gasteiger partial charge in [-0.15, -0.1) is 0 Å². The SMILES string of the molecule is CCC1(F)CN(CCOCCOC)C1. The molecule has 0 spiro atoms. The van der Waals surface area contributed by atoms with Crippen molar-refractivity contribution in [2.45, 2.75) is 19.0 Å². The monoisotopic (exact) mass is 205 g/mol. The van der Waals surface area contributed by atoms with Crippen molar-refractivity contribution in [2.75, 3.05) is 46.6 Å². The van der Waals surface area contributed by atoms with E-state index >= 15 is 0 Å². The van der Waals surface area contributed by atoms with Gasteiger partial charge in [-0.05, 0) is 6.42 Å². The van der Waals surface area contributed by atoms with Gasteiger partial charge in [0.05, 0.1) is 19.8 Å². The lowest BCUT2D eigenvalue weighted by Gasteiger charge is -2.44. The number of halogens is 1. The number of ether oxygens (including phenoxy) is 2. The van der Waals surface area contributed by atoms with E-state index < -0.39 is 5.67 Å². The van der Waals surface area contributed by atoms with E-state index in [1.807, 2.05) is 6.92 Å². The number of alkyl halides is 1. The zero-order valence-corrected chi connectivity index (χ0v) is 9.09. The molecule has 1 saturated heterocycles. The molecule has 4 heteroatoms. The first-order chi connectivity index (χ1) is 6.70. The quantitative estimate of drug-likeness (QED) is 0.581. The van der Waals surface area contributed by atoms with Crippen molar-refractivity contribution in [2.24, 2.45) is 0 Å². The third-order valence-electron chi connectivity index (χ3n) is 2.63. The van der Waals surface area contributed by atoms with E-state index in [9.17, 15) is 4.39 Å². The van der Waals surface area contributed by atoms with Gasteiger partial charge in [0.1, 0.15) is 5.67 Å². The lowest BCUT2D eigenvalue weighted by molar-refractivity contribution is -0.0490. The number of methoxy groups -OCH3 is 1. The highest BCUT2D eigenvalue weighted by Gasteiger charge is 2.41. The summed E-state index contributed by atoms with van der Waals surface area (Å²) in [6.45, 7) is 5.78. The molecule has 1 aliphatic rings. The Labute approximate surface area is 85.2 Å². The summed E-state index contributed by atoms with van der Waals surface area (Å²) >= 11 is 0. The van der Waals surface area contributed by atoms with Gasteiger partial charge in [-0.2, -0.15) is 0 Å². The van der Waals surface area contributed by atoms with Gasteiger partial charge in [0.25, 0.3) is 0 Å². The molecule has 3 nitrogen and oxygen atoms in total. The Kier molecular flexibility index (Phi) is 4.78. The molecular formula is C10H20FNO2. The van der Waals surface area contributed by atoms with Gasteiger partial charge < -0.3 is 9.47 Å². The lowest BCUT2D eigenvalue weighted by Crippen LogP contribution is -2.59. The first-order valence-electron chi connectivity index (χ1n) is 5.18. The Balaban J connectivity index is 1.91. The maximum absolute atomic E-state index is 13.4. The molecule has 1 rings (SSSR count). The fraction of sp³-hybridized carbons (Fsp3) is 1.00. The van der Waals surface area contributed by atoms with Gasteiger partial charge in [0.15, 0.2) is 0 Å². The average molecular weight is 205 g/mol. The third-order valence-corrected chi connectivity index (χ3v) is 2.63. The van der Waals surface area contributed by atoms with E-state index in [1.165, 1.54) is 0 Å². The third kappa shape index (κ3) is 3.52. The van der Waals surface area contributed by atoms with Crippen molar-refractivity contribution < 1.29 is 13.9 Å². The molecular weight excluding hydrogens is 185 g/mol. The van der Waals surface area contributed by atoms with E-state index in [4.69, 9.17) is 9.47 Å². The first-order valence-corrected chi connectivity index (χ1v) is 5.18. The summed E-state index contributed by atoms with van der Waals surface area (Å²) in [7, 11) is 1.65. The van der Waals surface area contributed by atoms with Crippen LogP contribution in [-0.2, 0) is 9.47 Å². The van der Waals surface area contributed by atoms with Crippen LogP contribution in [-0.4, -0.2) is 57.1 Å². The smallest absolute Gasteiger partial charge is 0.136 e. The average Bonchev–Trinajstić information content (AvgIpc) is 2.14. The van der Waals surface area contributed by atoms with Crippen LogP contribution in [0.1, 0.15) is 13.3 Å². The highest BCUT2D eigenvalue weighted by atomic mass is 19.1. The van der Waals surface area contributed by atoms with Crippen LogP contribution in [0.15, 0.2) is 0 Å². The second-order valence-corrected chi connectivity index (χ2v) is 3.82. The molecule has 0 aromatic heterocycles. The van der Waals surface area contributed by atoms with E-state index in [0.717, 1.165) is 6.54 Å². The van der Waals surface area contributed by atoms with Crippen LogP contribution in [0.4, 0.5) is 4.39 Å². The molecule has 0 N–H and O–H groups in total. The van der Waals surface area contributed by atoms with Gasteiger partial charge in [0.2, 0.25) is 0 Å². The molecule has 0 bridgehead atoms. The van der Waals surface area contributed by atoms with Crippen molar-refractivity contribution in [3.8, 4) is 0 Å². The number of hydrogen-bond acceptors (Lipinski definition) is 3. The minimum atomic E-state index is -0.924. The van der Waals surface area contributed by atoms with Crippen molar-refractivity contribution in [3.05, 3.63) is 0 Å². The molecule has 14 heavy (non-hydrogen) atoms. The first kappa shape index (κ1) is 11.9. The van der Waals surface area contributed by atoms with E-state index in [-0.39, 0.29) is 0 Å². The molecule has 0 aromatic rings. The predicted octanol–water partition coefficient (Wildman–Crippen LogP) is 1.08. The zero-order chi connectivity index (χ0) is 10.4. The van der Waals surface area contributed by atoms with Crippen LogP contribution < -0.4 is 0 Å². The van der Waals surface area contributed by atoms with Gasteiger partial charge in [-0.3, -0.25) is 4.90 Å². The second-order valence-electron chi connectivity index (χ2n) is 3.82. The highest BCUT2D eigenvalue weighted by Crippen LogP contribution is 2.27. The highest BCUT2D eigenvalue weighted by molar-refractivity contribution is 4.94. The fourth-order valence-corrected chi connectivity index (χ4v) is 1.57. The zero-order valence-electron chi connectivity index (χ0n) is 9.09. The Hall–Kier alpha value is -0.190. The Morgan fingerprint density at radius 1 is 1.29 bits per heavy atom. The molecule has 84 valence electrons. The number of rotatable bonds is 7. The largest absolute Gasteiger partial charge is 0.382 e. The molecule has 0 aromatic carbocycles. The molecule has 0 aliphatic carbocycles. The Bertz CT molecular complexity index is 160. The standard InChI is InChI=1S/C10H20FNO2/c1-3-10(11)8-12(9-10)4-5-14-7-6-13-2/h3-9H2,1-2H3. The maximum atomic E-state index is 13.4. The molecule has 0 saturated carbocycles. The Morgan fingerprint density at radius 3 is 2.57 bits per heavy atom. The summed E-state index contributed by atoms with van der Waals surface area (Å²) in [6.07, 6.45) is 0.619. The van der Waals surface area contributed by atoms with E-state index in [1.54, 1.807) is 7.11 Å². The van der Waals surface area contributed by atoms with Crippen molar-refractivity contribution >= 4 is 0 Å². The summed E-state index contributed by atoms with van der Waals surface area (Å²) in [5.74, 6) is 0. The van der Waals surface area contributed by atoms with E-state index in [2.05, 4.69) is 4.90 Å². The fourth-order valence-electron chi connectivity index (χ4n) is 1.57. The van der Waals surface area contributed by atoms with Crippen LogP contribution >= 0.6 is 0 Å². The molecule has 0 atom stereocenters.